The number of aryl methyl sites for hydroxylation is 1. The number of halogens is 1. The van der Waals surface area contributed by atoms with E-state index in [0.717, 1.165) is 98.0 Å². The van der Waals surface area contributed by atoms with E-state index >= 15 is 4.39 Å². The SMILES string of the molecule is COC(=O)N[C@H](C(=O)N1CCC[C@H]1c1ncc(-c2cc(C)c3c(c2)OC(c2cnc(C4CC4)s2)n2c-3cc3cc(-c4cnc([C@@H]5C[C@H]6C[C@H]6N5C(=O)[C@@H](NC(=O)OC)C(C)(C)F)[nH]4)ccc32)[nH]1)C(C)C. The molecule has 0 radical (unpaired) electrons. The van der Waals surface area contributed by atoms with Gasteiger partial charge in [0.1, 0.15) is 35.2 Å². The first kappa shape index (κ1) is 45.7. The van der Waals surface area contributed by atoms with Crippen LogP contribution in [0.15, 0.2) is 55.0 Å². The monoisotopic (exact) mass is 972 g/mol. The molecule has 366 valence electrons. The summed E-state index contributed by atoms with van der Waals surface area (Å²) in [5.41, 5.74) is 5.30. The summed E-state index contributed by atoms with van der Waals surface area (Å²) < 4.78 is 34.4. The third kappa shape index (κ3) is 8.04. The first-order valence-electron chi connectivity index (χ1n) is 24.1. The minimum Gasteiger partial charge on any atom is -0.464 e. The average Bonchev–Trinajstić information content (AvgIpc) is 3.81. The lowest BCUT2D eigenvalue weighted by Gasteiger charge is -2.34. The highest BCUT2D eigenvalue weighted by atomic mass is 32.1. The number of nitrogens with zero attached hydrogens (tertiary/aromatic N) is 6. The molecule has 4 N–H and O–H groups in total. The second-order valence-electron chi connectivity index (χ2n) is 20.3. The number of aromatic nitrogens is 6. The van der Waals surface area contributed by atoms with Crippen LogP contribution in [-0.2, 0) is 19.1 Å². The topological polar surface area (TPSA) is 202 Å². The van der Waals surface area contributed by atoms with Gasteiger partial charge in [-0.15, -0.1) is 11.3 Å². The van der Waals surface area contributed by atoms with Crippen LogP contribution in [0.4, 0.5) is 14.0 Å². The molecule has 2 aliphatic carbocycles. The number of carbonyl (C=O) groups excluding carboxylic acids is 4. The first-order valence-corrected chi connectivity index (χ1v) is 24.9. The summed E-state index contributed by atoms with van der Waals surface area (Å²) in [7, 11) is 2.47. The zero-order valence-electron chi connectivity index (χ0n) is 40.2. The smallest absolute Gasteiger partial charge is 0.407 e. The van der Waals surface area contributed by atoms with Gasteiger partial charge in [-0.25, -0.2) is 28.9 Å². The van der Waals surface area contributed by atoms with Crippen LogP contribution in [0.5, 0.6) is 5.75 Å². The number of fused-ring (bicyclic) bond motifs is 6. The second kappa shape index (κ2) is 17.3. The van der Waals surface area contributed by atoms with Crippen molar-refractivity contribution in [1.29, 1.82) is 0 Å². The molecule has 4 amide bonds. The first-order chi connectivity index (χ1) is 33.6. The largest absolute Gasteiger partial charge is 0.464 e. The van der Waals surface area contributed by atoms with Crippen molar-refractivity contribution in [3.8, 4) is 39.5 Å². The van der Waals surface area contributed by atoms with Crippen molar-refractivity contribution in [3.63, 3.8) is 0 Å². The van der Waals surface area contributed by atoms with Crippen molar-refractivity contribution in [1.82, 2.24) is 49.9 Å². The van der Waals surface area contributed by atoms with E-state index in [-0.39, 0.29) is 29.8 Å². The lowest BCUT2D eigenvalue weighted by molar-refractivity contribution is -0.139. The Labute approximate surface area is 407 Å². The summed E-state index contributed by atoms with van der Waals surface area (Å²) >= 11 is 1.70. The molecule has 4 fully saturated rings. The number of hydrogen-bond donors (Lipinski definition) is 4. The number of benzene rings is 2. The number of H-pyrrole nitrogens is 2. The number of ether oxygens (including phenoxy) is 3. The Bertz CT molecular complexity index is 3060. The van der Waals surface area contributed by atoms with Gasteiger partial charge in [-0.3, -0.25) is 14.2 Å². The Morgan fingerprint density at radius 3 is 2.29 bits per heavy atom. The fraction of sp³-hybridized carbons (Fsp3) is 0.471. The molecule has 2 saturated carbocycles. The number of piperidine rings is 1. The fourth-order valence-corrected chi connectivity index (χ4v) is 12.0. The average molecular weight is 973 g/mol. The van der Waals surface area contributed by atoms with Crippen LogP contribution in [0.1, 0.15) is 118 Å². The molecule has 1 unspecified atom stereocenters. The molecule has 6 aromatic rings. The number of amides is 4. The van der Waals surface area contributed by atoms with E-state index in [1.54, 1.807) is 22.4 Å². The Morgan fingerprint density at radius 2 is 1.59 bits per heavy atom. The van der Waals surface area contributed by atoms with Crippen LogP contribution in [0.2, 0.25) is 0 Å². The maximum atomic E-state index is 15.5. The molecule has 0 bridgehead atoms. The highest BCUT2D eigenvalue weighted by Crippen LogP contribution is 2.54. The van der Waals surface area contributed by atoms with Gasteiger partial charge >= 0.3 is 12.2 Å². The fourth-order valence-electron chi connectivity index (χ4n) is 10.8. The zero-order valence-corrected chi connectivity index (χ0v) is 41.0. The van der Waals surface area contributed by atoms with Gasteiger partial charge in [0.2, 0.25) is 18.0 Å². The van der Waals surface area contributed by atoms with Crippen LogP contribution in [0.25, 0.3) is 44.7 Å². The van der Waals surface area contributed by atoms with Gasteiger partial charge in [0, 0.05) is 46.8 Å². The van der Waals surface area contributed by atoms with Crippen molar-refractivity contribution in [3.05, 3.63) is 82.1 Å². The standard InChI is InChI=1S/C51H57FN10O7S/c1-24(2)41(58-49(65)67-6)46(63)60-14-8-9-34(60)43-53-22-32(57-43)28-15-25(3)40-36-18-29-16-27(12-13-33(29)62(36)48(69-38(40)20-28)39-23-55-45(70-39)26-10-11-26)31-21-54-44(56-31)37-19-30-17-35(30)61(37)47(64)42(51(4,5)52)59-50(66)68-7/h12-13,15-16,18,20-24,26,30,34-35,37,41-42,48H,8-11,14,17,19H2,1-7H3,(H,53,57)(H,54,56)(H,58,65)(H,59,66)/t30-,34+,35-,37+,41+,42-,48?/m1/s1. The van der Waals surface area contributed by atoms with Crippen molar-refractivity contribution in [2.45, 2.75) is 121 Å². The molecule has 17 nitrogen and oxygen atoms in total. The van der Waals surface area contributed by atoms with Gasteiger partial charge in [0.15, 0.2) is 0 Å². The summed E-state index contributed by atoms with van der Waals surface area (Å²) in [6.07, 6.45) is 8.87. The lowest BCUT2D eigenvalue weighted by Crippen LogP contribution is -2.57. The zero-order chi connectivity index (χ0) is 48.9. The Balaban J connectivity index is 0.909. The summed E-state index contributed by atoms with van der Waals surface area (Å²) in [5.74, 6) is 1.98. The number of imidazole rings is 2. The number of rotatable bonds is 12. The van der Waals surface area contributed by atoms with E-state index in [2.05, 4.69) is 68.5 Å². The predicted octanol–water partition coefficient (Wildman–Crippen LogP) is 8.85. The van der Waals surface area contributed by atoms with Crippen LogP contribution >= 0.6 is 11.3 Å². The van der Waals surface area contributed by atoms with E-state index in [0.29, 0.717) is 30.5 Å². The van der Waals surface area contributed by atoms with Crippen molar-refractivity contribution in [2.24, 2.45) is 11.8 Å². The highest BCUT2D eigenvalue weighted by molar-refractivity contribution is 7.11. The second-order valence-corrected chi connectivity index (χ2v) is 21.4. The Kier molecular flexibility index (Phi) is 11.3. The van der Waals surface area contributed by atoms with Crippen LogP contribution < -0.4 is 15.4 Å². The van der Waals surface area contributed by atoms with E-state index in [9.17, 15) is 19.2 Å². The Morgan fingerprint density at radius 1 is 0.871 bits per heavy atom. The lowest BCUT2D eigenvalue weighted by atomic mass is 9.98. The molecule has 2 saturated heterocycles. The van der Waals surface area contributed by atoms with Gasteiger partial charge in [-0.2, -0.15) is 0 Å². The third-order valence-electron chi connectivity index (χ3n) is 14.7. The molecule has 70 heavy (non-hydrogen) atoms. The number of hydrogen-bond acceptors (Lipinski definition) is 11. The molecule has 2 aromatic carbocycles. The Hall–Kier alpha value is -6.76. The van der Waals surface area contributed by atoms with Gasteiger partial charge in [0.25, 0.3) is 0 Å². The molecule has 4 aromatic heterocycles. The quantitative estimate of drug-likeness (QED) is 0.0918. The van der Waals surface area contributed by atoms with E-state index in [1.807, 2.05) is 31.1 Å². The van der Waals surface area contributed by atoms with E-state index in [4.69, 9.17) is 29.2 Å². The summed E-state index contributed by atoms with van der Waals surface area (Å²) in [6.45, 7) is 9.00. The number of likely N-dealkylation sites (tertiary alicyclic amines) is 2. The molecule has 11 rings (SSSR count). The number of alkyl halides is 1. The number of aromatic amines is 2. The predicted molar refractivity (Wildman–Crippen MR) is 259 cm³/mol. The molecule has 3 aliphatic heterocycles. The third-order valence-corrected chi connectivity index (χ3v) is 15.9. The van der Waals surface area contributed by atoms with Gasteiger partial charge < -0.3 is 44.6 Å². The molecular weight excluding hydrogens is 916 g/mol. The maximum Gasteiger partial charge on any atom is 0.407 e. The molecule has 5 aliphatic rings. The number of thiazole rings is 1. The van der Waals surface area contributed by atoms with Gasteiger partial charge in [0.05, 0.1) is 71.2 Å². The number of methoxy groups -OCH3 is 2. The summed E-state index contributed by atoms with van der Waals surface area (Å²) in [6, 6.07) is 9.81. The number of carbonyl (C=O) groups is 4. The van der Waals surface area contributed by atoms with Crippen LogP contribution in [-0.4, -0.2) is 108 Å². The number of alkyl carbamates (subject to hydrolysis) is 2. The van der Waals surface area contributed by atoms with Crippen LogP contribution in [0.3, 0.4) is 0 Å². The molecule has 7 heterocycles. The van der Waals surface area contributed by atoms with Gasteiger partial charge in [-0.1, -0.05) is 19.9 Å². The minimum atomic E-state index is -2.04. The van der Waals surface area contributed by atoms with Crippen LogP contribution in [0, 0.1) is 18.8 Å². The van der Waals surface area contributed by atoms with Crippen molar-refractivity contribution < 1.29 is 37.8 Å². The highest BCUT2D eigenvalue weighted by Gasteiger charge is 2.57. The molecule has 7 atom stereocenters. The molecule has 0 spiro atoms. The maximum absolute atomic E-state index is 15.5. The van der Waals surface area contributed by atoms with Crippen molar-refractivity contribution >= 4 is 46.2 Å². The molecular formula is C51H57FN10O7S. The number of nitrogens with one attached hydrogen (secondary N) is 4. The minimum absolute atomic E-state index is 0.0465. The van der Waals surface area contributed by atoms with Crippen molar-refractivity contribution in [2.75, 3.05) is 20.8 Å². The summed E-state index contributed by atoms with van der Waals surface area (Å²) in [4.78, 5) is 78.3. The summed E-state index contributed by atoms with van der Waals surface area (Å²) in [5, 5.41) is 7.28. The van der Waals surface area contributed by atoms with Gasteiger partial charge in [-0.05, 0) is 107 Å². The normalized spacial score (nSPS) is 22.3. The van der Waals surface area contributed by atoms with E-state index in [1.165, 1.54) is 28.1 Å². The molecule has 19 heteroatoms. The van der Waals surface area contributed by atoms with E-state index < -0.39 is 48.1 Å².